The number of carboxylic acids is 1. The normalized spacial score (nSPS) is 19.4. The summed E-state index contributed by atoms with van der Waals surface area (Å²) in [4.78, 5) is 60.4. The molecule has 0 spiro atoms. The van der Waals surface area contributed by atoms with Gasteiger partial charge in [-0.2, -0.15) is 0 Å². The fourth-order valence-corrected chi connectivity index (χ4v) is 2.80. The van der Waals surface area contributed by atoms with Gasteiger partial charge in [0.15, 0.2) is 0 Å². The number of aliphatic hydroxyl groups is 1. The third-order valence-electron chi connectivity index (χ3n) is 4.34. The number of amides is 4. The standard InChI is InChI=1S/C16H27N5O7/c1-8(17)13(24)20-10(7-22)14(25)19-9(4-5-12(18)23)15(26)21-6-2-3-11(21)16(27)28/h8-11,22H,2-7,17H2,1H3,(H2,18,23)(H,19,25)(H,20,24)(H,27,28). The number of carboxylic acid groups (broad SMARTS) is 1. The highest BCUT2D eigenvalue weighted by atomic mass is 16.4. The molecule has 12 heteroatoms. The molecule has 8 N–H and O–H groups in total. The van der Waals surface area contributed by atoms with Crippen molar-refractivity contribution in [2.75, 3.05) is 13.2 Å². The summed E-state index contributed by atoms with van der Waals surface area (Å²) in [5, 5.41) is 23.2. The van der Waals surface area contributed by atoms with Gasteiger partial charge in [-0.15, -0.1) is 0 Å². The van der Waals surface area contributed by atoms with Crippen molar-refractivity contribution in [1.29, 1.82) is 0 Å². The lowest BCUT2D eigenvalue weighted by Crippen LogP contribution is -2.58. The van der Waals surface area contributed by atoms with Crippen LogP contribution in [0, 0.1) is 0 Å². The van der Waals surface area contributed by atoms with E-state index in [0.29, 0.717) is 6.42 Å². The maximum absolute atomic E-state index is 12.8. The minimum atomic E-state index is -1.36. The van der Waals surface area contributed by atoms with E-state index < -0.39 is 60.4 Å². The van der Waals surface area contributed by atoms with Gasteiger partial charge >= 0.3 is 5.97 Å². The number of carbonyl (C=O) groups excluding carboxylic acids is 4. The second-order valence-corrected chi connectivity index (χ2v) is 6.63. The van der Waals surface area contributed by atoms with Crippen LogP contribution in [0.3, 0.4) is 0 Å². The van der Waals surface area contributed by atoms with Crippen LogP contribution in [0.4, 0.5) is 0 Å². The molecule has 0 saturated carbocycles. The van der Waals surface area contributed by atoms with Gasteiger partial charge in [-0.25, -0.2) is 4.79 Å². The van der Waals surface area contributed by atoms with Gasteiger partial charge in [0.1, 0.15) is 18.1 Å². The molecule has 0 aliphatic carbocycles. The molecule has 0 aromatic heterocycles. The second-order valence-electron chi connectivity index (χ2n) is 6.63. The van der Waals surface area contributed by atoms with Crippen LogP contribution in [0.2, 0.25) is 0 Å². The van der Waals surface area contributed by atoms with E-state index >= 15 is 0 Å². The molecule has 1 aliphatic rings. The van der Waals surface area contributed by atoms with Gasteiger partial charge in [0.05, 0.1) is 12.6 Å². The fourth-order valence-electron chi connectivity index (χ4n) is 2.80. The van der Waals surface area contributed by atoms with E-state index in [0.717, 1.165) is 4.90 Å². The summed E-state index contributed by atoms with van der Waals surface area (Å²) in [6, 6.07) is -4.54. The summed E-state index contributed by atoms with van der Waals surface area (Å²) in [7, 11) is 0. The molecular formula is C16H27N5O7. The van der Waals surface area contributed by atoms with Crippen LogP contribution in [-0.2, 0) is 24.0 Å². The Bertz CT molecular complexity index is 625. The van der Waals surface area contributed by atoms with Crippen LogP contribution in [0.15, 0.2) is 0 Å². The number of likely N-dealkylation sites (tertiary alicyclic amines) is 1. The molecule has 0 aromatic carbocycles. The molecule has 0 radical (unpaired) electrons. The zero-order valence-electron chi connectivity index (χ0n) is 15.6. The van der Waals surface area contributed by atoms with E-state index in [2.05, 4.69) is 10.6 Å². The van der Waals surface area contributed by atoms with E-state index in [4.69, 9.17) is 11.5 Å². The monoisotopic (exact) mass is 401 g/mol. The van der Waals surface area contributed by atoms with Gasteiger partial charge in [0.2, 0.25) is 23.6 Å². The molecule has 1 fully saturated rings. The second kappa shape index (κ2) is 10.6. The molecule has 0 aromatic rings. The lowest BCUT2D eigenvalue weighted by molar-refractivity contribution is -0.149. The molecule has 4 amide bonds. The number of primary amides is 1. The van der Waals surface area contributed by atoms with Crippen LogP contribution in [-0.4, -0.2) is 82.0 Å². The molecule has 158 valence electrons. The number of hydrogen-bond acceptors (Lipinski definition) is 7. The number of aliphatic hydroxyl groups excluding tert-OH is 1. The third-order valence-corrected chi connectivity index (χ3v) is 4.34. The molecule has 1 rings (SSSR count). The maximum Gasteiger partial charge on any atom is 0.326 e. The van der Waals surface area contributed by atoms with Gasteiger partial charge in [-0.05, 0) is 26.2 Å². The number of nitrogens with one attached hydrogen (secondary N) is 2. The van der Waals surface area contributed by atoms with Crippen LogP contribution in [0.25, 0.3) is 0 Å². The quantitative estimate of drug-likeness (QED) is 0.217. The Morgan fingerprint density at radius 2 is 1.75 bits per heavy atom. The Morgan fingerprint density at radius 3 is 2.25 bits per heavy atom. The highest BCUT2D eigenvalue weighted by molar-refractivity contribution is 5.94. The Hall–Kier alpha value is -2.73. The lowest BCUT2D eigenvalue weighted by Gasteiger charge is -2.28. The fraction of sp³-hybridized carbons (Fsp3) is 0.688. The van der Waals surface area contributed by atoms with E-state index in [-0.39, 0.29) is 25.8 Å². The van der Waals surface area contributed by atoms with E-state index in [1.807, 2.05) is 0 Å². The molecular weight excluding hydrogens is 374 g/mol. The summed E-state index contributed by atoms with van der Waals surface area (Å²) in [5.41, 5.74) is 10.5. The SMILES string of the molecule is CC(N)C(=O)NC(CO)C(=O)NC(CCC(N)=O)C(=O)N1CCCC1C(=O)O. The van der Waals surface area contributed by atoms with Crippen molar-refractivity contribution < 1.29 is 34.2 Å². The predicted octanol–water partition coefficient (Wildman–Crippen LogP) is -3.36. The van der Waals surface area contributed by atoms with Crippen LogP contribution >= 0.6 is 0 Å². The zero-order valence-corrected chi connectivity index (χ0v) is 15.6. The Labute approximate surface area is 161 Å². The molecule has 1 heterocycles. The predicted molar refractivity (Wildman–Crippen MR) is 95.4 cm³/mol. The van der Waals surface area contributed by atoms with Gasteiger partial charge in [0, 0.05) is 13.0 Å². The number of rotatable bonds is 10. The molecule has 12 nitrogen and oxygen atoms in total. The first-order chi connectivity index (χ1) is 13.1. The molecule has 1 aliphatic heterocycles. The number of nitrogens with two attached hydrogens (primary N) is 2. The van der Waals surface area contributed by atoms with Crippen molar-refractivity contribution in [3.63, 3.8) is 0 Å². The minimum absolute atomic E-state index is 0.151. The molecule has 4 atom stereocenters. The summed E-state index contributed by atoms with van der Waals surface area (Å²) in [6.07, 6.45) is 0.393. The van der Waals surface area contributed by atoms with E-state index in [1.54, 1.807) is 0 Å². The first-order valence-corrected chi connectivity index (χ1v) is 8.87. The van der Waals surface area contributed by atoms with E-state index in [1.165, 1.54) is 6.92 Å². The summed E-state index contributed by atoms with van der Waals surface area (Å²) >= 11 is 0. The van der Waals surface area contributed by atoms with E-state index in [9.17, 15) is 34.2 Å². The zero-order chi connectivity index (χ0) is 21.4. The summed E-state index contributed by atoms with van der Waals surface area (Å²) in [5.74, 6) is -4.09. The Morgan fingerprint density at radius 1 is 1.14 bits per heavy atom. The first kappa shape index (κ1) is 23.3. The van der Waals surface area contributed by atoms with Crippen LogP contribution < -0.4 is 22.1 Å². The van der Waals surface area contributed by atoms with Crippen LogP contribution in [0.1, 0.15) is 32.6 Å². The van der Waals surface area contributed by atoms with Crippen molar-refractivity contribution in [3.05, 3.63) is 0 Å². The van der Waals surface area contributed by atoms with Gasteiger partial charge in [-0.1, -0.05) is 0 Å². The highest BCUT2D eigenvalue weighted by Gasteiger charge is 2.38. The smallest absolute Gasteiger partial charge is 0.326 e. The van der Waals surface area contributed by atoms with Crippen molar-refractivity contribution in [3.8, 4) is 0 Å². The largest absolute Gasteiger partial charge is 0.480 e. The summed E-state index contributed by atoms with van der Waals surface area (Å²) < 4.78 is 0. The highest BCUT2D eigenvalue weighted by Crippen LogP contribution is 2.19. The average Bonchev–Trinajstić information content (AvgIpc) is 3.11. The topological polar surface area (TPSA) is 205 Å². The Kier molecular flexibility index (Phi) is 8.79. The maximum atomic E-state index is 12.8. The molecule has 0 bridgehead atoms. The van der Waals surface area contributed by atoms with Crippen molar-refractivity contribution in [1.82, 2.24) is 15.5 Å². The summed E-state index contributed by atoms with van der Waals surface area (Å²) in [6.45, 7) is 0.840. The molecule has 28 heavy (non-hydrogen) atoms. The minimum Gasteiger partial charge on any atom is -0.480 e. The van der Waals surface area contributed by atoms with Crippen molar-refractivity contribution in [2.45, 2.75) is 56.8 Å². The molecule has 4 unspecified atom stereocenters. The lowest BCUT2D eigenvalue weighted by atomic mass is 10.1. The van der Waals surface area contributed by atoms with Gasteiger partial charge in [0.25, 0.3) is 0 Å². The van der Waals surface area contributed by atoms with Crippen molar-refractivity contribution >= 4 is 29.6 Å². The van der Waals surface area contributed by atoms with Crippen molar-refractivity contribution in [2.24, 2.45) is 11.5 Å². The number of hydrogen-bond donors (Lipinski definition) is 6. The Balaban J connectivity index is 2.92. The van der Waals surface area contributed by atoms with Gasteiger partial charge < -0.3 is 37.2 Å². The number of carbonyl (C=O) groups is 5. The first-order valence-electron chi connectivity index (χ1n) is 8.87. The third kappa shape index (κ3) is 6.46. The van der Waals surface area contributed by atoms with Crippen LogP contribution in [0.5, 0.6) is 0 Å². The molecule has 1 saturated heterocycles. The number of aliphatic carboxylic acids is 1. The average molecular weight is 401 g/mol. The van der Waals surface area contributed by atoms with Gasteiger partial charge in [-0.3, -0.25) is 19.2 Å². The number of nitrogens with zero attached hydrogens (tertiary/aromatic N) is 1.